The third kappa shape index (κ3) is 5.91. The maximum absolute atomic E-state index is 13.3. The van der Waals surface area contributed by atoms with Gasteiger partial charge in [-0.05, 0) is 50.0 Å². The summed E-state index contributed by atoms with van der Waals surface area (Å²) in [5, 5.41) is 6.68. The number of benzene rings is 1. The number of likely N-dealkylation sites (N-methyl/N-ethyl adjacent to an activating group) is 1. The van der Waals surface area contributed by atoms with E-state index in [0.29, 0.717) is 18.2 Å². The second-order valence-electron chi connectivity index (χ2n) is 5.81. The molecule has 6 heteroatoms. The van der Waals surface area contributed by atoms with Gasteiger partial charge in [-0.1, -0.05) is 19.1 Å². The number of nitrogens with one attached hydrogen (secondary N) is 2. The molecule has 1 atom stereocenters. The molecule has 0 spiro atoms. The highest BCUT2D eigenvalue weighted by Crippen LogP contribution is 2.15. The van der Waals surface area contributed by atoms with E-state index in [0.717, 1.165) is 24.6 Å². The van der Waals surface area contributed by atoms with Crippen LogP contribution in [0.3, 0.4) is 0 Å². The Labute approximate surface area is 156 Å². The lowest BCUT2D eigenvalue weighted by molar-refractivity contribution is 0.267. The first-order valence-corrected chi connectivity index (χ1v) is 8.07. The summed E-state index contributed by atoms with van der Waals surface area (Å²) in [6, 6.07) is 5.78. The van der Waals surface area contributed by atoms with E-state index < -0.39 is 0 Å². The highest BCUT2D eigenvalue weighted by molar-refractivity contribution is 14.0. The van der Waals surface area contributed by atoms with Crippen molar-refractivity contribution >= 4 is 29.9 Å². The molecule has 1 heterocycles. The fourth-order valence-corrected chi connectivity index (χ4v) is 2.98. The first-order valence-electron chi connectivity index (χ1n) is 8.07. The SMILES string of the molecule is CCN1CCCC1CNC(=NC)NCc1ccc(F)c(C)c1.I. The molecule has 1 saturated heterocycles. The highest BCUT2D eigenvalue weighted by Gasteiger charge is 2.22. The molecular formula is C17H28FIN4. The zero-order valence-corrected chi connectivity index (χ0v) is 16.6. The van der Waals surface area contributed by atoms with Crippen molar-refractivity contribution in [3.05, 3.63) is 35.1 Å². The van der Waals surface area contributed by atoms with Crippen LogP contribution in [0.5, 0.6) is 0 Å². The molecular weight excluding hydrogens is 406 g/mol. The molecule has 2 rings (SSSR count). The number of nitrogens with zero attached hydrogens (tertiary/aromatic N) is 2. The maximum atomic E-state index is 13.3. The second kappa shape index (κ2) is 10.1. The third-order valence-corrected chi connectivity index (χ3v) is 4.32. The average molecular weight is 434 g/mol. The van der Waals surface area contributed by atoms with E-state index in [1.54, 1.807) is 20.0 Å². The molecule has 0 radical (unpaired) electrons. The fourth-order valence-electron chi connectivity index (χ4n) is 2.98. The molecule has 23 heavy (non-hydrogen) atoms. The van der Waals surface area contributed by atoms with Gasteiger partial charge in [0.1, 0.15) is 5.82 Å². The van der Waals surface area contributed by atoms with Crippen LogP contribution >= 0.6 is 24.0 Å². The predicted octanol–water partition coefficient (Wildman–Crippen LogP) is 2.90. The van der Waals surface area contributed by atoms with Crippen LogP contribution in [-0.4, -0.2) is 43.6 Å². The largest absolute Gasteiger partial charge is 0.355 e. The second-order valence-corrected chi connectivity index (χ2v) is 5.81. The van der Waals surface area contributed by atoms with E-state index in [4.69, 9.17) is 0 Å². The summed E-state index contributed by atoms with van der Waals surface area (Å²) < 4.78 is 13.3. The maximum Gasteiger partial charge on any atom is 0.191 e. The summed E-state index contributed by atoms with van der Waals surface area (Å²) in [4.78, 5) is 6.76. The topological polar surface area (TPSA) is 39.7 Å². The molecule has 2 N–H and O–H groups in total. The molecule has 0 amide bonds. The Morgan fingerprint density at radius 3 is 2.83 bits per heavy atom. The summed E-state index contributed by atoms with van der Waals surface area (Å²) in [6.45, 7) is 7.85. The molecule has 1 aliphatic heterocycles. The van der Waals surface area contributed by atoms with Crippen LogP contribution in [0.25, 0.3) is 0 Å². The summed E-state index contributed by atoms with van der Waals surface area (Å²) in [7, 11) is 1.78. The lowest BCUT2D eigenvalue weighted by atomic mass is 10.1. The van der Waals surface area contributed by atoms with Crippen LogP contribution in [0.4, 0.5) is 4.39 Å². The molecule has 1 fully saturated rings. The van der Waals surface area contributed by atoms with E-state index in [-0.39, 0.29) is 29.8 Å². The normalized spacial score (nSPS) is 18.6. The average Bonchev–Trinajstić information content (AvgIpc) is 2.98. The minimum absolute atomic E-state index is 0. The van der Waals surface area contributed by atoms with Crippen molar-refractivity contribution in [1.82, 2.24) is 15.5 Å². The molecule has 130 valence electrons. The van der Waals surface area contributed by atoms with E-state index in [9.17, 15) is 4.39 Å². The minimum atomic E-state index is -0.160. The van der Waals surface area contributed by atoms with E-state index in [2.05, 4.69) is 27.4 Å². The van der Waals surface area contributed by atoms with Gasteiger partial charge in [-0.25, -0.2) is 4.39 Å². The lowest BCUT2D eigenvalue weighted by Crippen LogP contribution is -2.44. The molecule has 0 bridgehead atoms. The van der Waals surface area contributed by atoms with Crippen molar-refractivity contribution < 1.29 is 4.39 Å². The number of hydrogen-bond donors (Lipinski definition) is 2. The van der Waals surface area contributed by atoms with Gasteiger partial charge in [0.05, 0.1) is 0 Å². The molecule has 1 unspecified atom stereocenters. The quantitative estimate of drug-likeness (QED) is 0.426. The summed E-state index contributed by atoms with van der Waals surface area (Å²) in [6.07, 6.45) is 2.52. The van der Waals surface area contributed by atoms with Crippen molar-refractivity contribution in [2.24, 2.45) is 4.99 Å². The van der Waals surface area contributed by atoms with Crippen molar-refractivity contribution in [3.63, 3.8) is 0 Å². The van der Waals surface area contributed by atoms with Crippen LogP contribution in [0, 0.1) is 12.7 Å². The van der Waals surface area contributed by atoms with Gasteiger partial charge in [0.25, 0.3) is 0 Å². The minimum Gasteiger partial charge on any atom is -0.355 e. The molecule has 1 aromatic carbocycles. The Balaban J connectivity index is 0.00000264. The molecule has 4 nitrogen and oxygen atoms in total. The van der Waals surface area contributed by atoms with Crippen molar-refractivity contribution in [2.75, 3.05) is 26.7 Å². The van der Waals surface area contributed by atoms with Gasteiger partial charge in [0.2, 0.25) is 0 Å². The first-order chi connectivity index (χ1) is 10.6. The van der Waals surface area contributed by atoms with E-state index in [1.165, 1.54) is 25.5 Å². The molecule has 0 aromatic heterocycles. The van der Waals surface area contributed by atoms with Gasteiger partial charge in [-0.2, -0.15) is 0 Å². The van der Waals surface area contributed by atoms with E-state index in [1.807, 2.05) is 6.07 Å². The third-order valence-electron chi connectivity index (χ3n) is 4.32. The van der Waals surface area contributed by atoms with Crippen LogP contribution in [0.15, 0.2) is 23.2 Å². The molecule has 0 saturated carbocycles. The van der Waals surface area contributed by atoms with Crippen molar-refractivity contribution in [3.8, 4) is 0 Å². The van der Waals surface area contributed by atoms with Crippen molar-refractivity contribution in [2.45, 2.75) is 39.3 Å². The Morgan fingerprint density at radius 2 is 2.17 bits per heavy atom. The van der Waals surface area contributed by atoms with Gasteiger partial charge in [-0.3, -0.25) is 9.89 Å². The lowest BCUT2D eigenvalue weighted by Gasteiger charge is -2.24. The smallest absolute Gasteiger partial charge is 0.191 e. The van der Waals surface area contributed by atoms with Gasteiger partial charge in [0, 0.05) is 26.2 Å². The monoisotopic (exact) mass is 434 g/mol. The number of aryl methyl sites for hydroxylation is 1. The standard InChI is InChI=1S/C17H27FN4.HI/c1-4-22-9-5-6-15(22)12-21-17(19-3)20-11-14-7-8-16(18)13(2)10-14;/h7-8,10,15H,4-6,9,11-12H2,1-3H3,(H2,19,20,21);1H. The zero-order chi connectivity index (χ0) is 15.9. The summed E-state index contributed by atoms with van der Waals surface area (Å²) in [5.74, 6) is 0.636. The van der Waals surface area contributed by atoms with E-state index >= 15 is 0 Å². The zero-order valence-electron chi connectivity index (χ0n) is 14.2. The highest BCUT2D eigenvalue weighted by atomic mass is 127. The summed E-state index contributed by atoms with van der Waals surface area (Å²) in [5.41, 5.74) is 1.73. The van der Waals surface area contributed by atoms with Crippen LogP contribution in [0.1, 0.15) is 30.9 Å². The number of aliphatic imine (C=N–C) groups is 1. The predicted molar refractivity (Wildman–Crippen MR) is 105 cm³/mol. The van der Waals surface area contributed by atoms with Gasteiger partial charge in [-0.15, -0.1) is 24.0 Å². The Morgan fingerprint density at radius 1 is 1.39 bits per heavy atom. The molecule has 1 aromatic rings. The number of rotatable bonds is 5. The molecule has 0 aliphatic carbocycles. The number of halogens is 2. The van der Waals surface area contributed by atoms with Gasteiger partial charge in [0.15, 0.2) is 5.96 Å². The van der Waals surface area contributed by atoms with Crippen LogP contribution in [-0.2, 0) is 6.54 Å². The fraction of sp³-hybridized carbons (Fsp3) is 0.588. The number of guanidine groups is 1. The van der Waals surface area contributed by atoms with Crippen LogP contribution < -0.4 is 10.6 Å². The number of likely N-dealkylation sites (tertiary alicyclic amines) is 1. The van der Waals surface area contributed by atoms with Crippen molar-refractivity contribution in [1.29, 1.82) is 0 Å². The van der Waals surface area contributed by atoms with Crippen LogP contribution in [0.2, 0.25) is 0 Å². The Hall–Kier alpha value is -0.890. The van der Waals surface area contributed by atoms with Gasteiger partial charge >= 0.3 is 0 Å². The summed E-state index contributed by atoms with van der Waals surface area (Å²) >= 11 is 0. The first kappa shape index (κ1) is 20.2. The number of hydrogen-bond acceptors (Lipinski definition) is 2. The Bertz CT molecular complexity index is 521. The Kier molecular flexibility index (Phi) is 8.83. The van der Waals surface area contributed by atoms with Gasteiger partial charge < -0.3 is 10.6 Å². The molecule has 1 aliphatic rings.